The number of thiazole rings is 1. The molecule has 0 bridgehead atoms. The van der Waals surface area contributed by atoms with Crippen LogP contribution in [-0.4, -0.2) is 36.0 Å². The topological polar surface area (TPSA) is 105 Å². The first-order valence-corrected chi connectivity index (χ1v) is 7.25. The molecule has 0 unspecified atom stereocenters. The van der Waals surface area contributed by atoms with E-state index in [0.29, 0.717) is 12.1 Å². The maximum absolute atomic E-state index is 11.8. The number of aliphatic hydroxyl groups is 1. The Kier molecular flexibility index (Phi) is 4.01. The van der Waals surface area contributed by atoms with Crippen molar-refractivity contribution in [3.8, 4) is 0 Å². The van der Waals surface area contributed by atoms with Crippen LogP contribution in [0, 0.1) is 0 Å². The average Bonchev–Trinajstić information content (AvgIpc) is 3.19. The molecule has 2 N–H and O–H groups in total. The summed E-state index contributed by atoms with van der Waals surface area (Å²) in [5.41, 5.74) is 1.24. The number of rotatable bonds is 5. The van der Waals surface area contributed by atoms with Crippen LogP contribution in [0.2, 0.25) is 0 Å². The minimum absolute atomic E-state index is 0.0653. The zero-order valence-corrected chi connectivity index (χ0v) is 12.1. The fourth-order valence-electron chi connectivity index (χ4n) is 1.76. The first-order valence-electron chi connectivity index (χ1n) is 6.37. The maximum atomic E-state index is 11.8. The normalized spacial score (nSPS) is 11.5. The third kappa shape index (κ3) is 3.23. The highest BCUT2D eigenvalue weighted by atomic mass is 32.1. The minimum Gasteiger partial charge on any atom is -0.506 e. The van der Waals surface area contributed by atoms with Crippen molar-refractivity contribution in [1.82, 2.24) is 25.1 Å². The summed E-state index contributed by atoms with van der Waals surface area (Å²) in [6.45, 7) is 0. The molecule has 8 heteroatoms. The Morgan fingerprint density at radius 3 is 3.00 bits per heavy atom. The summed E-state index contributed by atoms with van der Waals surface area (Å²) in [7, 11) is 0. The molecule has 0 aliphatic carbocycles. The van der Waals surface area contributed by atoms with Gasteiger partial charge in [0.2, 0.25) is 5.78 Å². The second-order valence-corrected chi connectivity index (χ2v) is 5.29. The van der Waals surface area contributed by atoms with E-state index in [-0.39, 0.29) is 11.6 Å². The molecule has 3 aromatic heterocycles. The first-order chi connectivity index (χ1) is 10.7. The Bertz CT molecular complexity index is 796. The number of nitrogens with one attached hydrogen (secondary N) is 1. The predicted octanol–water partition coefficient (Wildman–Crippen LogP) is 2.03. The van der Waals surface area contributed by atoms with E-state index in [9.17, 15) is 9.90 Å². The molecule has 0 aliphatic heterocycles. The Morgan fingerprint density at radius 1 is 1.36 bits per heavy atom. The van der Waals surface area contributed by atoms with Gasteiger partial charge in [0.15, 0.2) is 5.82 Å². The van der Waals surface area contributed by atoms with Crippen molar-refractivity contribution < 1.29 is 9.90 Å². The molecule has 0 radical (unpaired) electrons. The van der Waals surface area contributed by atoms with E-state index in [1.165, 1.54) is 17.7 Å². The molecule has 3 aromatic rings. The van der Waals surface area contributed by atoms with Crippen LogP contribution in [0.4, 0.5) is 0 Å². The van der Waals surface area contributed by atoms with Gasteiger partial charge in [-0.2, -0.15) is 5.10 Å². The van der Waals surface area contributed by atoms with Crippen molar-refractivity contribution in [1.29, 1.82) is 0 Å². The Labute approximate surface area is 129 Å². The van der Waals surface area contributed by atoms with Gasteiger partial charge in [0.05, 0.1) is 5.01 Å². The third-order valence-corrected chi connectivity index (χ3v) is 3.64. The number of carbonyl (C=O) groups excluding carboxylic acids is 1. The Morgan fingerprint density at radius 2 is 2.27 bits per heavy atom. The molecule has 3 heterocycles. The van der Waals surface area contributed by atoms with E-state index in [0.717, 1.165) is 16.8 Å². The second kappa shape index (κ2) is 6.27. The van der Waals surface area contributed by atoms with Crippen LogP contribution in [-0.2, 0) is 6.42 Å². The molecule has 0 saturated carbocycles. The molecule has 0 fully saturated rings. The van der Waals surface area contributed by atoms with Gasteiger partial charge in [-0.15, -0.1) is 11.3 Å². The average molecular weight is 313 g/mol. The van der Waals surface area contributed by atoms with Gasteiger partial charge < -0.3 is 5.11 Å². The Hall–Kier alpha value is -2.87. The lowest BCUT2D eigenvalue weighted by molar-refractivity contribution is 0.103. The lowest BCUT2D eigenvalue weighted by Gasteiger charge is -1.96. The van der Waals surface area contributed by atoms with E-state index >= 15 is 0 Å². The van der Waals surface area contributed by atoms with Crippen LogP contribution >= 0.6 is 11.3 Å². The van der Waals surface area contributed by atoms with E-state index in [2.05, 4.69) is 25.1 Å². The number of carbonyl (C=O) groups is 1. The van der Waals surface area contributed by atoms with Crippen LogP contribution in [0.3, 0.4) is 0 Å². The van der Waals surface area contributed by atoms with Gasteiger partial charge in [-0.05, 0) is 12.1 Å². The Balaban J connectivity index is 1.74. The highest BCUT2D eigenvalue weighted by Crippen LogP contribution is 2.18. The number of hydrogen-bond acceptors (Lipinski definition) is 7. The van der Waals surface area contributed by atoms with Gasteiger partial charge in [-0.25, -0.2) is 9.97 Å². The van der Waals surface area contributed by atoms with Gasteiger partial charge >= 0.3 is 0 Å². The number of ketones is 1. The number of pyridine rings is 1. The van der Waals surface area contributed by atoms with Gasteiger partial charge in [0.25, 0.3) is 0 Å². The zero-order chi connectivity index (χ0) is 15.4. The summed E-state index contributed by atoms with van der Waals surface area (Å²) in [6.07, 6.45) is 4.60. The van der Waals surface area contributed by atoms with Crippen molar-refractivity contribution in [3.63, 3.8) is 0 Å². The summed E-state index contributed by atoms with van der Waals surface area (Å²) >= 11 is 1.40. The molecular formula is C14H11N5O2S. The molecule has 7 nitrogen and oxygen atoms in total. The fraction of sp³-hybridized carbons (Fsp3) is 0.0714. The van der Waals surface area contributed by atoms with Gasteiger partial charge in [0.1, 0.15) is 17.8 Å². The molecular weight excluding hydrogens is 302 g/mol. The minimum atomic E-state index is -0.464. The van der Waals surface area contributed by atoms with Crippen LogP contribution in [0.25, 0.3) is 5.76 Å². The summed E-state index contributed by atoms with van der Waals surface area (Å²) in [4.78, 5) is 24.0. The zero-order valence-electron chi connectivity index (χ0n) is 11.3. The van der Waals surface area contributed by atoms with E-state index < -0.39 is 5.78 Å². The monoisotopic (exact) mass is 313 g/mol. The smallest absolute Gasteiger partial charge is 0.226 e. The van der Waals surface area contributed by atoms with Crippen molar-refractivity contribution >= 4 is 22.9 Å². The lowest BCUT2D eigenvalue weighted by atomic mass is 10.2. The summed E-state index contributed by atoms with van der Waals surface area (Å²) in [5, 5.41) is 18.5. The van der Waals surface area contributed by atoms with Crippen LogP contribution in [0.15, 0.2) is 42.2 Å². The van der Waals surface area contributed by atoms with Crippen molar-refractivity contribution in [2.75, 3.05) is 0 Å². The summed E-state index contributed by atoms with van der Waals surface area (Å²) in [6, 6.07) is 5.66. The number of nitrogens with zero attached hydrogens (tertiary/aromatic N) is 4. The quantitative estimate of drug-likeness (QED) is 0.424. The number of H-pyrrole nitrogens is 1. The molecule has 0 saturated heterocycles. The predicted molar refractivity (Wildman–Crippen MR) is 80.5 cm³/mol. The fourth-order valence-corrected chi connectivity index (χ4v) is 2.56. The standard InChI is InChI=1S/C14H11N5O2S/c20-11(6-12(21)14-16-8-17-19-14)10-7-22-13(18-10)5-9-3-1-2-4-15-9/h1-4,6-8,20H,5H2,(H,16,17,19). The van der Waals surface area contributed by atoms with Crippen LogP contribution in [0.5, 0.6) is 0 Å². The third-order valence-electron chi connectivity index (χ3n) is 2.79. The molecule has 0 aliphatic rings. The number of aromatic nitrogens is 5. The molecule has 0 aromatic carbocycles. The highest BCUT2D eigenvalue weighted by Gasteiger charge is 2.11. The first kappa shape index (κ1) is 14.1. The molecule has 0 amide bonds. The highest BCUT2D eigenvalue weighted by molar-refractivity contribution is 7.09. The van der Waals surface area contributed by atoms with Gasteiger partial charge in [-0.1, -0.05) is 6.07 Å². The van der Waals surface area contributed by atoms with Gasteiger partial charge in [0, 0.05) is 29.8 Å². The summed E-state index contributed by atoms with van der Waals surface area (Å²) in [5.74, 6) is -0.602. The second-order valence-electron chi connectivity index (χ2n) is 4.35. The molecule has 0 spiro atoms. The number of allylic oxidation sites excluding steroid dienone is 1. The van der Waals surface area contributed by atoms with Crippen molar-refractivity contribution in [3.05, 3.63) is 64.4 Å². The maximum Gasteiger partial charge on any atom is 0.226 e. The largest absolute Gasteiger partial charge is 0.506 e. The van der Waals surface area contributed by atoms with E-state index in [1.54, 1.807) is 11.6 Å². The lowest BCUT2D eigenvalue weighted by Crippen LogP contribution is -1.99. The molecule has 3 rings (SSSR count). The van der Waals surface area contributed by atoms with Gasteiger partial charge in [-0.3, -0.25) is 14.9 Å². The van der Waals surface area contributed by atoms with E-state index in [4.69, 9.17) is 0 Å². The van der Waals surface area contributed by atoms with Crippen LogP contribution < -0.4 is 0 Å². The number of aliphatic hydroxyl groups excluding tert-OH is 1. The van der Waals surface area contributed by atoms with Crippen molar-refractivity contribution in [2.45, 2.75) is 6.42 Å². The van der Waals surface area contributed by atoms with Crippen molar-refractivity contribution in [2.24, 2.45) is 0 Å². The summed E-state index contributed by atoms with van der Waals surface area (Å²) < 4.78 is 0. The number of aromatic amines is 1. The molecule has 110 valence electrons. The number of hydrogen-bond donors (Lipinski definition) is 2. The SMILES string of the molecule is O=C(C=C(O)c1csc(Cc2ccccn2)n1)c1ncn[nH]1. The van der Waals surface area contributed by atoms with E-state index in [1.807, 2.05) is 18.2 Å². The molecule has 22 heavy (non-hydrogen) atoms. The molecule has 0 atom stereocenters. The van der Waals surface area contributed by atoms with Crippen LogP contribution in [0.1, 0.15) is 27.0 Å².